The third-order valence-electron chi connectivity index (χ3n) is 7.08. The van der Waals surface area contributed by atoms with Crippen LogP contribution in [-0.2, 0) is 6.54 Å². The first-order chi connectivity index (χ1) is 17.9. The molecule has 1 aliphatic rings. The maximum Gasteiger partial charge on any atom is 0.188 e. The first-order valence-corrected chi connectivity index (χ1v) is 17.8. The van der Waals surface area contributed by atoms with Gasteiger partial charge in [-0.25, -0.2) is 4.68 Å². The summed E-state index contributed by atoms with van der Waals surface area (Å²) in [6.45, 7) is 7.42. The highest BCUT2D eigenvalue weighted by atomic mass is 127. The zero-order chi connectivity index (χ0) is 26.4. The molecule has 0 amide bonds. The van der Waals surface area contributed by atoms with Gasteiger partial charge in [-0.3, -0.25) is 4.90 Å². The number of hydrogen-bond donors (Lipinski definition) is 1. The largest absolute Gasteiger partial charge is 0.471 e. The lowest BCUT2D eigenvalue weighted by Crippen LogP contribution is -2.42. The monoisotopic (exact) mass is 724 g/mol. The zero-order valence-corrected chi connectivity index (χ0v) is 25.7. The Bertz CT molecular complexity index is 1270. The molecule has 37 heavy (non-hydrogen) atoms. The van der Waals surface area contributed by atoms with E-state index in [0.29, 0.717) is 11.5 Å². The van der Waals surface area contributed by atoms with Gasteiger partial charge in [-0.05, 0) is 67.1 Å². The minimum Gasteiger partial charge on any atom is -0.471 e. The van der Waals surface area contributed by atoms with Crippen LogP contribution in [0.2, 0.25) is 0 Å². The first-order valence-electron chi connectivity index (χ1n) is 12.3. The molecule has 6 nitrogen and oxygen atoms in total. The summed E-state index contributed by atoms with van der Waals surface area (Å²) in [5.41, 5.74) is 4.52. The molecule has 8 heteroatoms. The number of rotatable bonds is 10. The van der Waals surface area contributed by atoms with E-state index in [2.05, 4.69) is 52.0 Å². The fourth-order valence-corrected chi connectivity index (χ4v) is 7.39. The summed E-state index contributed by atoms with van der Waals surface area (Å²) < 4.78 is 16.9. The number of halogens is 2. The number of nitriles is 1. The normalized spacial score (nSPS) is 16.6. The predicted octanol–water partition coefficient (Wildman–Crippen LogP) is 6.11. The molecule has 2 aromatic carbocycles. The van der Waals surface area contributed by atoms with E-state index >= 15 is 0 Å². The van der Waals surface area contributed by atoms with Crippen molar-refractivity contribution in [2.24, 2.45) is 11.3 Å². The Morgan fingerprint density at radius 1 is 1.19 bits per heavy atom. The molecule has 1 fully saturated rings. The lowest BCUT2D eigenvalue weighted by atomic mass is 9.75. The van der Waals surface area contributed by atoms with Gasteiger partial charge in [-0.15, -0.1) is 0 Å². The van der Waals surface area contributed by atoms with Gasteiger partial charge in [0, 0.05) is 37.0 Å². The van der Waals surface area contributed by atoms with Crippen LogP contribution in [0.25, 0.3) is 16.9 Å². The minimum atomic E-state index is -0.310. The second-order valence-corrected chi connectivity index (χ2v) is 16.4. The highest BCUT2D eigenvalue weighted by Crippen LogP contribution is 2.36. The van der Waals surface area contributed by atoms with Gasteiger partial charge in [0.25, 0.3) is 0 Å². The van der Waals surface area contributed by atoms with Crippen molar-refractivity contribution in [2.45, 2.75) is 35.4 Å². The number of piperidine rings is 1. The van der Waals surface area contributed by atoms with Crippen molar-refractivity contribution in [3.05, 3.63) is 65.9 Å². The van der Waals surface area contributed by atoms with Gasteiger partial charge in [-0.2, -0.15) is 10.4 Å². The van der Waals surface area contributed by atoms with Crippen molar-refractivity contribution in [3.8, 4) is 28.8 Å². The molecule has 1 aliphatic heterocycles. The van der Waals surface area contributed by atoms with Crippen LogP contribution < -0.4 is 4.74 Å². The van der Waals surface area contributed by atoms with Gasteiger partial charge in [0.1, 0.15) is 5.75 Å². The van der Waals surface area contributed by atoms with E-state index in [1.807, 2.05) is 29.1 Å². The van der Waals surface area contributed by atoms with Crippen LogP contribution in [0.5, 0.6) is 5.75 Å². The Hall–Kier alpha value is -1.94. The lowest BCUT2D eigenvalue weighted by Gasteiger charge is -2.40. The second-order valence-electron chi connectivity index (χ2n) is 10.0. The molecule has 1 saturated heterocycles. The Kier molecular flexibility index (Phi) is 9.67. The lowest BCUT2D eigenvalue weighted by molar-refractivity contribution is 0.0380. The average Bonchev–Trinajstić information content (AvgIpc) is 3.43. The van der Waals surface area contributed by atoms with E-state index in [0.717, 1.165) is 55.2 Å². The van der Waals surface area contributed by atoms with Gasteiger partial charge in [0.2, 0.25) is 0 Å². The maximum absolute atomic E-state index is 9.89. The molecule has 0 spiro atoms. The van der Waals surface area contributed by atoms with Crippen LogP contribution in [0.3, 0.4) is 0 Å². The molecular formula is C29H34I2N4O2. The third kappa shape index (κ3) is 6.93. The smallest absolute Gasteiger partial charge is 0.188 e. The van der Waals surface area contributed by atoms with Gasteiger partial charge in [0.05, 0.1) is 23.0 Å². The van der Waals surface area contributed by atoms with Crippen molar-refractivity contribution in [2.75, 3.05) is 19.7 Å². The molecule has 1 N–H and O–H groups in total. The zero-order valence-electron chi connectivity index (χ0n) is 21.4. The van der Waals surface area contributed by atoms with Gasteiger partial charge in [0.15, 0.2) is 2.12 Å². The Morgan fingerprint density at radius 2 is 1.95 bits per heavy atom. The van der Waals surface area contributed by atoms with E-state index < -0.39 is 0 Å². The van der Waals surface area contributed by atoms with E-state index in [-0.39, 0.29) is 55.6 Å². The Balaban J connectivity index is 1.59. The number of benzene rings is 2. The molecule has 0 radical (unpaired) electrons. The van der Waals surface area contributed by atoms with Crippen molar-refractivity contribution < 1.29 is 9.84 Å². The summed E-state index contributed by atoms with van der Waals surface area (Å²) in [5.74, 6) is 1.39. The van der Waals surface area contributed by atoms with Gasteiger partial charge < -0.3 is 9.84 Å². The molecule has 0 bridgehead atoms. The molecule has 3 aromatic rings. The van der Waals surface area contributed by atoms with Crippen molar-refractivity contribution in [3.63, 3.8) is 0 Å². The highest BCUT2D eigenvalue weighted by Gasteiger charge is 2.33. The summed E-state index contributed by atoms with van der Waals surface area (Å²) in [6, 6.07) is 18.0. The van der Waals surface area contributed by atoms with Gasteiger partial charge >= 0.3 is 0 Å². The molecule has 0 aliphatic carbocycles. The average molecular weight is 724 g/mol. The summed E-state index contributed by atoms with van der Waals surface area (Å²) >= 11 is -0.619. The third-order valence-corrected chi connectivity index (χ3v) is 13.4. The number of alkyl halides is 2. The molecule has 2 heterocycles. The maximum atomic E-state index is 9.89. The molecular weight excluding hydrogens is 690 g/mol. The standard InChI is InChI=1S/C29H34I2N4O2/c1-29(2,20-36)24-6-5-14-34(19-24)18-23-10-9-22(16-27(23)37-28(30-3)31-4)26-13-15-35(33-26)25-11-7-21(17-32)8-12-25/h7-13,15-16,24,28,36H,3-6,14,18-20H2,1-2H3/t24-/m0/s1. The summed E-state index contributed by atoms with van der Waals surface area (Å²) in [5, 5.41) is 23.7. The van der Waals surface area contributed by atoms with Crippen LogP contribution >= 0.6 is 41.5 Å². The minimum absolute atomic E-state index is 0.0721. The quantitative estimate of drug-likeness (QED) is 0.202. The van der Waals surface area contributed by atoms with E-state index in [1.54, 1.807) is 12.1 Å². The topological polar surface area (TPSA) is 74.3 Å². The molecule has 0 unspecified atom stereocenters. The number of likely N-dealkylation sites (tertiary alicyclic amines) is 1. The second kappa shape index (κ2) is 12.7. The number of aromatic nitrogens is 2. The van der Waals surface area contributed by atoms with E-state index in [4.69, 9.17) is 15.1 Å². The van der Waals surface area contributed by atoms with Crippen LogP contribution in [0.15, 0.2) is 54.7 Å². The highest BCUT2D eigenvalue weighted by molar-refractivity contribution is 14.3. The van der Waals surface area contributed by atoms with Crippen molar-refractivity contribution in [1.82, 2.24) is 14.7 Å². The van der Waals surface area contributed by atoms with Crippen molar-refractivity contribution in [1.29, 1.82) is 5.26 Å². The summed E-state index contributed by atoms with van der Waals surface area (Å²) in [4.78, 5) is 2.50. The van der Waals surface area contributed by atoms with Crippen LogP contribution in [0, 0.1) is 22.7 Å². The first kappa shape index (κ1) is 28.1. The fraction of sp³-hybridized carbons (Fsp3) is 0.379. The van der Waals surface area contributed by atoms with E-state index in [1.165, 1.54) is 5.56 Å². The molecule has 196 valence electrons. The van der Waals surface area contributed by atoms with Crippen LogP contribution in [0.4, 0.5) is 0 Å². The number of aliphatic hydroxyl groups excluding tert-OH is 1. The fourth-order valence-electron chi connectivity index (χ4n) is 4.67. The number of ether oxygens (including phenoxy) is 1. The van der Waals surface area contributed by atoms with Crippen LogP contribution in [0.1, 0.15) is 37.8 Å². The van der Waals surface area contributed by atoms with Crippen LogP contribution in [-0.4, -0.2) is 50.6 Å². The SMILES string of the molecule is C=IC(Oc1cc(-c2ccn(-c3ccc(C#N)cc3)n2)ccc1CN1CCC[C@H](C(C)(C)CO)C1)I=C. The molecule has 1 atom stereocenters. The Labute approximate surface area is 239 Å². The van der Waals surface area contributed by atoms with E-state index in [9.17, 15) is 5.11 Å². The molecule has 4 rings (SSSR count). The summed E-state index contributed by atoms with van der Waals surface area (Å²) in [7, 11) is 0. The Morgan fingerprint density at radius 3 is 2.62 bits per heavy atom. The molecule has 1 aromatic heterocycles. The number of hydrogen-bond acceptors (Lipinski definition) is 5. The van der Waals surface area contributed by atoms with Crippen molar-refractivity contribution >= 4 is 50.5 Å². The number of nitrogens with zero attached hydrogens (tertiary/aromatic N) is 4. The molecule has 0 saturated carbocycles. The summed E-state index contributed by atoms with van der Waals surface area (Å²) in [6.07, 6.45) is 4.24. The van der Waals surface area contributed by atoms with Gasteiger partial charge in [-0.1, -0.05) is 76.5 Å². The number of aliphatic hydroxyl groups is 1. The predicted molar refractivity (Wildman–Crippen MR) is 169 cm³/mol.